The van der Waals surface area contributed by atoms with Gasteiger partial charge < -0.3 is 9.90 Å². The van der Waals surface area contributed by atoms with Crippen molar-refractivity contribution >= 4 is 39.4 Å². The quantitative estimate of drug-likeness (QED) is 0.786. The molecule has 0 heterocycles. The van der Waals surface area contributed by atoms with E-state index < -0.39 is 27.9 Å². The smallest absolute Gasteiger partial charge is 0.241 e. The van der Waals surface area contributed by atoms with Gasteiger partial charge >= 0.3 is 0 Å². The van der Waals surface area contributed by atoms with E-state index in [2.05, 4.69) is 0 Å². The summed E-state index contributed by atoms with van der Waals surface area (Å²) in [5, 5.41) is 10.5. The van der Waals surface area contributed by atoms with E-state index in [1.54, 1.807) is 6.26 Å². The Morgan fingerprint density at radius 3 is 2.70 bits per heavy atom. The molecule has 112 valence electrons. The highest BCUT2D eigenvalue weighted by molar-refractivity contribution is 7.98. The van der Waals surface area contributed by atoms with Gasteiger partial charge in [-0.2, -0.15) is 11.8 Å². The highest BCUT2D eigenvalue weighted by atomic mass is 35.5. The molecule has 0 aliphatic carbocycles. The summed E-state index contributed by atoms with van der Waals surface area (Å²) in [6.07, 6.45) is 1.85. The van der Waals surface area contributed by atoms with Crippen LogP contribution in [-0.4, -0.2) is 32.4 Å². The molecule has 1 aromatic carbocycles. The van der Waals surface area contributed by atoms with Crippen LogP contribution in [0.1, 0.15) is 6.42 Å². The summed E-state index contributed by atoms with van der Waals surface area (Å²) in [5.74, 6) is -1.83. The predicted octanol–water partition coefficient (Wildman–Crippen LogP) is 0.629. The van der Waals surface area contributed by atoms with E-state index in [9.17, 15) is 22.7 Å². The minimum Gasteiger partial charge on any atom is -0.548 e. The number of carboxylic acid groups (broad SMARTS) is 1. The maximum Gasteiger partial charge on any atom is 0.241 e. The number of sulfonamides is 1. The maximum absolute atomic E-state index is 13.0. The molecule has 1 N–H and O–H groups in total. The predicted molar refractivity (Wildman–Crippen MR) is 73.5 cm³/mol. The molecule has 0 aromatic heterocycles. The number of benzene rings is 1. The van der Waals surface area contributed by atoms with Crippen molar-refractivity contribution in [2.45, 2.75) is 17.4 Å². The molecular formula is C11H12ClFNO4S2-. The molecule has 0 unspecified atom stereocenters. The van der Waals surface area contributed by atoms with Crippen molar-refractivity contribution in [1.29, 1.82) is 0 Å². The molecular weight excluding hydrogens is 329 g/mol. The fourth-order valence-electron chi connectivity index (χ4n) is 1.36. The molecule has 0 aliphatic rings. The molecule has 1 aromatic rings. The van der Waals surface area contributed by atoms with Gasteiger partial charge in [0.25, 0.3) is 0 Å². The summed E-state index contributed by atoms with van der Waals surface area (Å²) in [6.45, 7) is 0. The first-order valence-corrected chi connectivity index (χ1v) is 8.70. The highest BCUT2D eigenvalue weighted by Crippen LogP contribution is 2.19. The van der Waals surface area contributed by atoms with E-state index in [0.717, 1.165) is 18.2 Å². The first kappa shape index (κ1) is 17.2. The Hall–Kier alpha value is -0.830. The number of halogens is 2. The lowest BCUT2D eigenvalue weighted by atomic mass is 10.2. The molecule has 0 spiro atoms. The van der Waals surface area contributed by atoms with Gasteiger partial charge in [-0.05, 0) is 36.6 Å². The maximum atomic E-state index is 13.0. The third kappa shape index (κ3) is 4.62. The molecule has 9 heteroatoms. The number of carboxylic acids is 1. The zero-order valence-electron chi connectivity index (χ0n) is 10.4. The minimum absolute atomic E-state index is 0.0810. The standard InChI is InChI=1S/C11H13ClFNO4S2/c1-19-5-4-10(11(15)16)14-20(17,18)7-2-3-9(13)8(12)6-7/h2-3,6,10,14H,4-5H2,1H3,(H,15,16)/p-1/t10-/m1/s1. The Balaban J connectivity index is 2.97. The Morgan fingerprint density at radius 2 is 2.20 bits per heavy atom. The van der Waals surface area contributed by atoms with Gasteiger partial charge in [0.15, 0.2) is 0 Å². The summed E-state index contributed by atoms with van der Waals surface area (Å²) in [6, 6.07) is 1.47. The normalized spacial score (nSPS) is 13.2. The number of hydrogen-bond acceptors (Lipinski definition) is 5. The van der Waals surface area contributed by atoms with Gasteiger partial charge in [-0.1, -0.05) is 11.6 Å². The molecule has 5 nitrogen and oxygen atoms in total. The van der Waals surface area contributed by atoms with Gasteiger partial charge in [-0.3, -0.25) is 0 Å². The average Bonchev–Trinajstić information content (AvgIpc) is 2.37. The molecule has 0 saturated carbocycles. The summed E-state index contributed by atoms with van der Waals surface area (Å²) in [4.78, 5) is 10.6. The van der Waals surface area contributed by atoms with E-state index in [1.807, 2.05) is 4.72 Å². The van der Waals surface area contributed by atoms with Gasteiger partial charge in [-0.15, -0.1) is 0 Å². The van der Waals surface area contributed by atoms with E-state index in [-0.39, 0.29) is 16.3 Å². The first-order valence-electron chi connectivity index (χ1n) is 5.45. The first-order chi connectivity index (χ1) is 9.27. The Kier molecular flexibility index (Phi) is 6.25. The topological polar surface area (TPSA) is 86.3 Å². The number of carbonyl (C=O) groups is 1. The Morgan fingerprint density at radius 1 is 1.55 bits per heavy atom. The second kappa shape index (κ2) is 7.26. The van der Waals surface area contributed by atoms with Crippen LogP contribution in [0, 0.1) is 5.82 Å². The highest BCUT2D eigenvalue weighted by Gasteiger charge is 2.21. The van der Waals surface area contributed by atoms with Crippen LogP contribution in [0.15, 0.2) is 23.1 Å². The summed E-state index contributed by atoms with van der Waals surface area (Å²) in [5.41, 5.74) is 0. The van der Waals surface area contributed by atoms with E-state index in [1.165, 1.54) is 11.8 Å². The number of nitrogens with one attached hydrogen (secondary N) is 1. The number of aliphatic carboxylic acids is 1. The van der Waals surface area contributed by atoms with Crippen LogP contribution in [0.4, 0.5) is 4.39 Å². The molecule has 0 bridgehead atoms. The molecule has 0 aliphatic heterocycles. The zero-order valence-corrected chi connectivity index (χ0v) is 12.8. The van der Waals surface area contributed by atoms with Crippen LogP contribution in [0.5, 0.6) is 0 Å². The summed E-state index contributed by atoms with van der Waals surface area (Å²) in [7, 11) is -4.11. The van der Waals surface area contributed by atoms with Crippen molar-refractivity contribution in [3.8, 4) is 0 Å². The Bertz CT molecular complexity index is 594. The van der Waals surface area contributed by atoms with Crippen LogP contribution < -0.4 is 9.83 Å². The molecule has 20 heavy (non-hydrogen) atoms. The van der Waals surface area contributed by atoms with Crippen LogP contribution >= 0.6 is 23.4 Å². The lowest BCUT2D eigenvalue weighted by Gasteiger charge is -2.19. The fourth-order valence-corrected chi connectivity index (χ4v) is 3.32. The molecule has 0 amide bonds. The molecule has 1 rings (SSSR count). The van der Waals surface area contributed by atoms with Crippen molar-refractivity contribution in [3.63, 3.8) is 0 Å². The lowest BCUT2D eigenvalue weighted by Crippen LogP contribution is -2.48. The van der Waals surface area contributed by atoms with E-state index in [0.29, 0.717) is 5.75 Å². The van der Waals surface area contributed by atoms with Gasteiger partial charge in [0.1, 0.15) is 5.82 Å². The monoisotopic (exact) mass is 340 g/mol. The number of carbonyl (C=O) groups excluding carboxylic acids is 1. The second-order valence-corrected chi connectivity index (χ2v) is 6.96. The van der Waals surface area contributed by atoms with Crippen molar-refractivity contribution in [3.05, 3.63) is 29.0 Å². The number of thioether (sulfide) groups is 1. The third-order valence-electron chi connectivity index (χ3n) is 2.39. The van der Waals surface area contributed by atoms with Crippen LogP contribution in [0.3, 0.4) is 0 Å². The third-order valence-corrected chi connectivity index (χ3v) is 4.80. The summed E-state index contributed by atoms with van der Waals surface area (Å²) < 4.78 is 39.0. The van der Waals surface area contributed by atoms with E-state index in [4.69, 9.17) is 11.6 Å². The second-order valence-electron chi connectivity index (χ2n) is 3.85. The minimum atomic E-state index is -4.11. The fraction of sp³-hybridized carbons (Fsp3) is 0.364. The number of hydrogen-bond donors (Lipinski definition) is 1. The average molecular weight is 341 g/mol. The largest absolute Gasteiger partial charge is 0.548 e. The van der Waals surface area contributed by atoms with Gasteiger partial charge in [-0.25, -0.2) is 17.5 Å². The molecule has 1 atom stereocenters. The van der Waals surface area contributed by atoms with Crippen molar-refractivity contribution < 1.29 is 22.7 Å². The van der Waals surface area contributed by atoms with Crippen molar-refractivity contribution in [1.82, 2.24) is 4.72 Å². The van der Waals surface area contributed by atoms with Crippen molar-refractivity contribution in [2.75, 3.05) is 12.0 Å². The zero-order chi connectivity index (χ0) is 15.3. The number of rotatable bonds is 7. The Labute approximate surface area is 125 Å². The van der Waals surface area contributed by atoms with Crippen LogP contribution in [0.2, 0.25) is 5.02 Å². The van der Waals surface area contributed by atoms with Crippen LogP contribution in [-0.2, 0) is 14.8 Å². The molecule has 0 radical (unpaired) electrons. The van der Waals surface area contributed by atoms with Gasteiger partial charge in [0.05, 0.1) is 21.9 Å². The van der Waals surface area contributed by atoms with Gasteiger partial charge in [0.2, 0.25) is 10.0 Å². The SMILES string of the molecule is CSCC[C@@H](NS(=O)(=O)c1ccc(F)c(Cl)c1)C(=O)[O-]. The van der Waals surface area contributed by atoms with Crippen LogP contribution in [0.25, 0.3) is 0 Å². The van der Waals surface area contributed by atoms with Gasteiger partial charge in [0, 0.05) is 0 Å². The molecule has 0 fully saturated rings. The molecule has 0 saturated heterocycles. The van der Waals surface area contributed by atoms with E-state index >= 15 is 0 Å². The lowest BCUT2D eigenvalue weighted by molar-refractivity contribution is -0.308. The van der Waals surface area contributed by atoms with Crippen molar-refractivity contribution in [2.24, 2.45) is 0 Å². The summed E-state index contributed by atoms with van der Waals surface area (Å²) >= 11 is 6.88.